The lowest BCUT2D eigenvalue weighted by atomic mass is 9.74. The molecule has 1 heterocycles. The van der Waals surface area contributed by atoms with E-state index in [0.29, 0.717) is 16.2 Å². The van der Waals surface area contributed by atoms with Crippen LogP contribution >= 0.6 is 11.6 Å². The summed E-state index contributed by atoms with van der Waals surface area (Å²) in [7, 11) is 0. The standard InChI is InChI=1S/C17H26ClNO/c1-4-17(5-2)8-10-19(11-9-17)13(3)15-12-14(18)6-7-16(15)20/h6-7,12-13,20H,4-5,8-11H2,1-3H3. The van der Waals surface area contributed by atoms with Gasteiger partial charge in [-0.05, 0) is 56.5 Å². The molecule has 0 amide bonds. The van der Waals surface area contributed by atoms with Gasteiger partial charge in [-0.15, -0.1) is 0 Å². The highest BCUT2D eigenvalue weighted by molar-refractivity contribution is 6.30. The van der Waals surface area contributed by atoms with Gasteiger partial charge in [0.25, 0.3) is 0 Å². The first-order chi connectivity index (χ1) is 9.51. The highest BCUT2D eigenvalue weighted by Gasteiger charge is 2.33. The zero-order valence-electron chi connectivity index (χ0n) is 12.8. The molecule has 1 aromatic carbocycles. The lowest BCUT2D eigenvalue weighted by Crippen LogP contribution is -2.40. The van der Waals surface area contributed by atoms with Gasteiger partial charge in [0.2, 0.25) is 0 Å². The van der Waals surface area contributed by atoms with Crippen LogP contribution in [0.1, 0.15) is 58.1 Å². The second kappa shape index (κ2) is 6.36. The number of rotatable bonds is 4. The van der Waals surface area contributed by atoms with Crippen LogP contribution in [0, 0.1) is 5.41 Å². The number of hydrogen-bond donors (Lipinski definition) is 1. The normalized spacial score (nSPS) is 20.8. The van der Waals surface area contributed by atoms with E-state index in [1.807, 2.05) is 6.07 Å². The van der Waals surface area contributed by atoms with Crippen LogP contribution in [0.2, 0.25) is 5.02 Å². The molecule has 1 saturated heterocycles. The fourth-order valence-electron chi connectivity index (χ4n) is 3.40. The number of halogens is 1. The second-order valence-corrected chi connectivity index (χ2v) is 6.56. The van der Waals surface area contributed by atoms with Gasteiger partial charge in [0, 0.05) is 16.6 Å². The van der Waals surface area contributed by atoms with Gasteiger partial charge in [-0.2, -0.15) is 0 Å². The minimum atomic E-state index is 0.223. The molecule has 1 N–H and O–H groups in total. The van der Waals surface area contributed by atoms with Crippen molar-refractivity contribution in [3.8, 4) is 5.75 Å². The molecule has 0 saturated carbocycles. The zero-order valence-corrected chi connectivity index (χ0v) is 13.6. The smallest absolute Gasteiger partial charge is 0.120 e. The Morgan fingerprint density at radius 2 is 1.85 bits per heavy atom. The Bertz CT molecular complexity index is 446. The molecule has 2 rings (SSSR count). The maximum atomic E-state index is 10.0. The lowest BCUT2D eigenvalue weighted by molar-refractivity contribution is 0.0703. The van der Waals surface area contributed by atoms with Crippen LogP contribution in [-0.4, -0.2) is 23.1 Å². The number of nitrogens with zero attached hydrogens (tertiary/aromatic N) is 1. The van der Waals surface area contributed by atoms with Crippen LogP contribution < -0.4 is 0 Å². The fourth-order valence-corrected chi connectivity index (χ4v) is 3.58. The van der Waals surface area contributed by atoms with E-state index in [1.54, 1.807) is 12.1 Å². The van der Waals surface area contributed by atoms with Crippen LogP contribution in [-0.2, 0) is 0 Å². The molecule has 0 aromatic heterocycles. The maximum Gasteiger partial charge on any atom is 0.120 e. The monoisotopic (exact) mass is 295 g/mol. The first-order valence-electron chi connectivity index (χ1n) is 7.74. The highest BCUT2D eigenvalue weighted by Crippen LogP contribution is 2.41. The molecule has 1 aliphatic rings. The molecule has 1 fully saturated rings. The van der Waals surface area contributed by atoms with Gasteiger partial charge in [0.15, 0.2) is 0 Å². The first kappa shape index (κ1) is 15.7. The lowest BCUT2D eigenvalue weighted by Gasteiger charge is -2.43. The Morgan fingerprint density at radius 3 is 2.40 bits per heavy atom. The Balaban J connectivity index is 2.08. The molecular formula is C17H26ClNO. The average molecular weight is 296 g/mol. The Morgan fingerprint density at radius 1 is 1.25 bits per heavy atom. The zero-order chi connectivity index (χ0) is 14.8. The van der Waals surface area contributed by atoms with Crippen LogP contribution in [0.4, 0.5) is 0 Å². The molecule has 1 unspecified atom stereocenters. The summed E-state index contributed by atoms with van der Waals surface area (Å²) in [5, 5.41) is 10.7. The Kier molecular flexibility index (Phi) is 4.98. The van der Waals surface area contributed by atoms with Crippen molar-refractivity contribution >= 4 is 11.6 Å². The fraction of sp³-hybridized carbons (Fsp3) is 0.647. The van der Waals surface area contributed by atoms with Gasteiger partial charge in [-0.3, -0.25) is 4.90 Å². The highest BCUT2D eigenvalue weighted by atomic mass is 35.5. The molecule has 3 heteroatoms. The van der Waals surface area contributed by atoms with Gasteiger partial charge in [-0.1, -0.05) is 38.3 Å². The molecule has 112 valence electrons. The van der Waals surface area contributed by atoms with E-state index in [-0.39, 0.29) is 6.04 Å². The Labute approximate surface area is 127 Å². The quantitative estimate of drug-likeness (QED) is 0.844. The maximum absolute atomic E-state index is 10.0. The molecule has 0 aliphatic carbocycles. The summed E-state index contributed by atoms with van der Waals surface area (Å²) >= 11 is 6.06. The van der Waals surface area contributed by atoms with E-state index < -0.39 is 0 Å². The van der Waals surface area contributed by atoms with Crippen molar-refractivity contribution in [1.82, 2.24) is 4.90 Å². The third-order valence-electron chi connectivity index (χ3n) is 5.35. The molecular weight excluding hydrogens is 270 g/mol. The summed E-state index contributed by atoms with van der Waals surface area (Å²) in [6, 6.07) is 5.55. The molecule has 2 nitrogen and oxygen atoms in total. The van der Waals surface area contributed by atoms with Crippen molar-refractivity contribution in [2.24, 2.45) is 5.41 Å². The summed E-state index contributed by atoms with van der Waals surface area (Å²) in [5.41, 5.74) is 1.48. The topological polar surface area (TPSA) is 23.5 Å². The van der Waals surface area contributed by atoms with Crippen LogP contribution in [0.5, 0.6) is 5.75 Å². The van der Waals surface area contributed by atoms with Crippen LogP contribution in [0.25, 0.3) is 0 Å². The third-order valence-corrected chi connectivity index (χ3v) is 5.58. The molecule has 1 aliphatic heterocycles. The van der Waals surface area contributed by atoms with Crippen molar-refractivity contribution < 1.29 is 5.11 Å². The van der Waals surface area contributed by atoms with Gasteiger partial charge in [0.1, 0.15) is 5.75 Å². The van der Waals surface area contributed by atoms with Crippen molar-refractivity contribution in [2.45, 2.75) is 52.5 Å². The summed E-state index contributed by atoms with van der Waals surface area (Å²) in [4.78, 5) is 2.47. The summed E-state index contributed by atoms with van der Waals surface area (Å²) in [5.74, 6) is 0.352. The molecule has 0 radical (unpaired) electrons. The van der Waals surface area contributed by atoms with Gasteiger partial charge < -0.3 is 5.11 Å². The Hall–Kier alpha value is -0.730. The largest absolute Gasteiger partial charge is 0.508 e. The number of benzene rings is 1. The predicted octanol–water partition coefficient (Wildman–Crippen LogP) is 5.01. The summed E-state index contributed by atoms with van der Waals surface area (Å²) < 4.78 is 0. The van der Waals surface area contributed by atoms with Gasteiger partial charge in [0.05, 0.1) is 0 Å². The first-order valence-corrected chi connectivity index (χ1v) is 8.11. The predicted molar refractivity (Wildman–Crippen MR) is 85.4 cm³/mol. The second-order valence-electron chi connectivity index (χ2n) is 6.12. The number of piperidine rings is 1. The van der Waals surface area contributed by atoms with E-state index in [0.717, 1.165) is 18.7 Å². The minimum absolute atomic E-state index is 0.223. The summed E-state index contributed by atoms with van der Waals surface area (Å²) in [6.45, 7) is 9.00. The average Bonchev–Trinajstić information content (AvgIpc) is 2.49. The van der Waals surface area contributed by atoms with Crippen LogP contribution in [0.15, 0.2) is 18.2 Å². The molecule has 0 spiro atoms. The van der Waals surface area contributed by atoms with Crippen molar-refractivity contribution in [3.63, 3.8) is 0 Å². The number of phenolic OH excluding ortho intramolecular Hbond substituents is 1. The molecule has 1 aromatic rings. The molecule has 1 atom stereocenters. The van der Waals surface area contributed by atoms with E-state index >= 15 is 0 Å². The van der Waals surface area contributed by atoms with Gasteiger partial charge in [-0.25, -0.2) is 0 Å². The van der Waals surface area contributed by atoms with Gasteiger partial charge >= 0.3 is 0 Å². The van der Waals surface area contributed by atoms with Crippen molar-refractivity contribution in [2.75, 3.05) is 13.1 Å². The van der Waals surface area contributed by atoms with E-state index in [4.69, 9.17) is 11.6 Å². The van der Waals surface area contributed by atoms with E-state index in [9.17, 15) is 5.11 Å². The number of hydrogen-bond acceptors (Lipinski definition) is 2. The van der Waals surface area contributed by atoms with E-state index in [1.165, 1.54) is 25.7 Å². The molecule has 0 bridgehead atoms. The number of aromatic hydroxyl groups is 1. The number of likely N-dealkylation sites (tertiary alicyclic amines) is 1. The van der Waals surface area contributed by atoms with Crippen LogP contribution in [0.3, 0.4) is 0 Å². The SMILES string of the molecule is CCC1(CC)CCN(C(C)c2cc(Cl)ccc2O)CC1. The van der Waals surface area contributed by atoms with E-state index in [2.05, 4.69) is 25.7 Å². The van der Waals surface area contributed by atoms with Crippen molar-refractivity contribution in [3.05, 3.63) is 28.8 Å². The number of phenols is 1. The van der Waals surface area contributed by atoms with Crippen molar-refractivity contribution in [1.29, 1.82) is 0 Å². The molecule has 20 heavy (non-hydrogen) atoms. The minimum Gasteiger partial charge on any atom is -0.508 e. The third kappa shape index (κ3) is 3.12. The summed E-state index contributed by atoms with van der Waals surface area (Å²) in [6.07, 6.45) is 5.06.